The zero-order valence-electron chi connectivity index (χ0n) is 8.60. The number of aliphatic hydroxyl groups excluding tert-OH is 1. The molecular formula is C11H15NO3. The first-order valence-corrected chi connectivity index (χ1v) is 4.88. The fraction of sp³-hybridized carbons (Fsp3) is 0.364. The van der Waals surface area contributed by atoms with E-state index >= 15 is 0 Å². The number of carbonyl (C=O) groups is 1. The number of phenols is 1. The molecule has 4 nitrogen and oxygen atoms in total. The van der Waals surface area contributed by atoms with Crippen molar-refractivity contribution < 1.29 is 15.0 Å². The van der Waals surface area contributed by atoms with Crippen molar-refractivity contribution in [2.75, 3.05) is 6.61 Å². The van der Waals surface area contributed by atoms with E-state index in [4.69, 9.17) is 5.11 Å². The fourth-order valence-corrected chi connectivity index (χ4v) is 1.21. The fourth-order valence-electron chi connectivity index (χ4n) is 1.21. The standard InChI is InChI=1S/C11H15NO3/c1-2-8(7-13)12-11(15)9-5-3-4-6-10(9)14/h3-6,8,13-14H,2,7H2,1H3,(H,12,15)/t8-/m1/s1. The number of para-hydroxylation sites is 1. The van der Waals surface area contributed by atoms with Gasteiger partial charge in [-0.1, -0.05) is 19.1 Å². The van der Waals surface area contributed by atoms with Crippen molar-refractivity contribution >= 4 is 5.91 Å². The average molecular weight is 209 g/mol. The number of aromatic hydroxyl groups is 1. The average Bonchev–Trinajstić information content (AvgIpc) is 2.26. The molecule has 0 aromatic heterocycles. The molecule has 1 amide bonds. The number of hydrogen-bond acceptors (Lipinski definition) is 3. The van der Waals surface area contributed by atoms with Crippen LogP contribution in [-0.2, 0) is 0 Å². The number of amides is 1. The smallest absolute Gasteiger partial charge is 0.255 e. The van der Waals surface area contributed by atoms with Gasteiger partial charge in [0, 0.05) is 0 Å². The molecule has 0 saturated carbocycles. The highest BCUT2D eigenvalue weighted by Crippen LogP contribution is 2.15. The lowest BCUT2D eigenvalue weighted by Crippen LogP contribution is -2.36. The lowest BCUT2D eigenvalue weighted by Gasteiger charge is -2.14. The van der Waals surface area contributed by atoms with Crippen LogP contribution in [-0.4, -0.2) is 28.8 Å². The van der Waals surface area contributed by atoms with Crippen LogP contribution in [0.5, 0.6) is 5.75 Å². The van der Waals surface area contributed by atoms with E-state index in [0.29, 0.717) is 6.42 Å². The molecule has 0 heterocycles. The normalized spacial score (nSPS) is 12.1. The van der Waals surface area contributed by atoms with Crippen LogP contribution in [0.3, 0.4) is 0 Å². The molecule has 0 saturated heterocycles. The molecule has 1 rings (SSSR count). The van der Waals surface area contributed by atoms with Gasteiger partial charge in [-0.15, -0.1) is 0 Å². The minimum atomic E-state index is -0.367. The molecule has 0 unspecified atom stereocenters. The number of rotatable bonds is 4. The molecule has 0 aliphatic rings. The van der Waals surface area contributed by atoms with Crippen molar-refractivity contribution in [2.24, 2.45) is 0 Å². The minimum absolute atomic E-state index is 0.0530. The first-order valence-electron chi connectivity index (χ1n) is 4.88. The van der Waals surface area contributed by atoms with Gasteiger partial charge in [0.05, 0.1) is 18.2 Å². The van der Waals surface area contributed by atoms with Crippen molar-refractivity contribution in [3.8, 4) is 5.75 Å². The van der Waals surface area contributed by atoms with Crippen molar-refractivity contribution in [3.05, 3.63) is 29.8 Å². The maximum Gasteiger partial charge on any atom is 0.255 e. The molecule has 82 valence electrons. The minimum Gasteiger partial charge on any atom is -0.507 e. The second-order valence-corrected chi connectivity index (χ2v) is 3.28. The molecular weight excluding hydrogens is 194 g/mol. The van der Waals surface area contributed by atoms with Gasteiger partial charge in [0.25, 0.3) is 5.91 Å². The molecule has 0 bridgehead atoms. The predicted octanol–water partition coefficient (Wildman–Crippen LogP) is 0.893. The lowest BCUT2D eigenvalue weighted by atomic mass is 10.1. The summed E-state index contributed by atoms with van der Waals surface area (Å²) in [6.07, 6.45) is 0.649. The predicted molar refractivity (Wildman–Crippen MR) is 56.7 cm³/mol. The maximum absolute atomic E-state index is 11.6. The summed E-state index contributed by atoms with van der Waals surface area (Å²) in [4.78, 5) is 11.6. The number of nitrogens with one attached hydrogen (secondary N) is 1. The monoisotopic (exact) mass is 209 g/mol. The Morgan fingerprint density at radius 3 is 2.67 bits per heavy atom. The summed E-state index contributed by atoms with van der Waals surface area (Å²) < 4.78 is 0. The van der Waals surface area contributed by atoms with Crippen LogP contribution < -0.4 is 5.32 Å². The third-order valence-corrected chi connectivity index (χ3v) is 2.20. The molecule has 15 heavy (non-hydrogen) atoms. The highest BCUT2D eigenvalue weighted by molar-refractivity contribution is 5.96. The summed E-state index contributed by atoms with van der Waals surface area (Å²) >= 11 is 0. The van der Waals surface area contributed by atoms with Gasteiger partial charge in [0.15, 0.2) is 0 Å². The Hall–Kier alpha value is -1.55. The zero-order chi connectivity index (χ0) is 11.3. The summed E-state index contributed by atoms with van der Waals surface area (Å²) in [5.41, 5.74) is 0.226. The lowest BCUT2D eigenvalue weighted by molar-refractivity contribution is 0.0912. The van der Waals surface area contributed by atoms with E-state index in [9.17, 15) is 9.90 Å². The van der Waals surface area contributed by atoms with E-state index in [0.717, 1.165) is 0 Å². The summed E-state index contributed by atoms with van der Waals surface area (Å²) in [6, 6.07) is 6.05. The van der Waals surface area contributed by atoms with E-state index in [1.807, 2.05) is 6.92 Å². The molecule has 0 aliphatic heterocycles. The van der Waals surface area contributed by atoms with Gasteiger partial charge in [-0.2, -0.15) is 0 Å². The van der Waals surface area contributed by atoms with Crippen LogP contribution in [0.2, 0.25) is 0 Å². The summed E-state index contributed by atoms with van der Waals surface area (Å²) in [6.45, 7) is 1.77. The zero-order valence-corrected chi connectivity index (χ0v) is 8.60. The largest absolute Gasteiger partial charge is 0.507 e. The van der Waals surface area contributed by atoms with E-state index < -0.39 is 0 Å². The van der Waals surface area contributed by atoms with Crippen LogP contribution >= 0.6 is 0 Å². The molecule has 0 aliphatic carbocycles. The highest BCUT2D eigenvalue weighted by Gasteiger charge is 2.13. The van der Waals surface area contributed by atoms with Crippen molar-refractivity contribution in [2.45, 2.75) is 19.4 Å². The van der Waals surface area contributed by atoms with Gasteiger partial charge < -0.3 is 15.5 Å². The Morgan fingerprint density at radius 2 is 2.13 bits per heavy atom. The number of aliphatic hydroxyl groups is 1. The van der Waals surface area contributed by atoms with Gasteiger partial charge in [0.1, 0.15) is 5.75 Å². The van der Waals surface area contributed by atoms with E-state index in [1.165, 1.54) is 12.1 Å². The number of carbonyl (C=O) groups excluding carboxylic acids is 1. The first-order chi connectivity index (χ1) is 7.19. The Bertz CT molecular complexity index is 334. The molecule has 0 spiro atoms. The van der Waals surface area contributed by atoms with Gasteiger partial charge >= 0.3 is 0 Å². The van der Waals surface area contributed by atoms with Gasteiger partial charge in [0.2, 0.25) is 0 Å². The van der Waals surface area contributed by atoms with Crippen LogP contribution in [0.4, 0.5) is 0 Å². The van der Waals surface area contributed by atoms with E-state index in [-0.39, 0.29) is 29.9 Å². The summed E-state index contributed by atoms with van der Waals surface area (Å²) in [7, 11) is 0. The van der Waals surface area contributed by atoms with E-state index in [1.54, 1.807) is 12.1 Å². The van der Waals surface area contributed by atoms with Crippen LogP contribution in [0.1, 0.15) is 23.7 Å². The van der Waals surface area contributed by atoms with Gasteiger partial charge in [-0.25, -0.2) is 0 Å². The summed E-state index contributed by atoms with van der Waals surface area (Å²) in [5, 5.41) is 21.0. The van der Waals surface area contributed by atoms with Crippen molar-refractivity contribution in [3.63, 3.8) is 0 Å². The van der Waals surface area contributed by atoms with Crippen LogP contribution in [0, 0.1) is 0 Å². The second kappa shape index (κ2) is 5.36. The molecule has 1 aromatic carbocycles. The van der Waals surface area contributed by atoms with Crippen molar-refractivity contribution in [1.82, 2.24) is 5.32 Å². The topological polar surface area (TPSA) is 69.6 Å². The molecule has 0 fully saturated rings. The van der Waals surface area contributed by atoms with Gasteiger partial charge in [-0.3, -0.25) is 4.79 Å². The Kier molecular flexibility index (Phi) is 4.12. The van der Waals surface area contributed by atoms with Crippen LogP contribution in [0.15, 0.2) is 24.3 Å². The van der Waals surface area contributed by atoms with Crippen molar-refractivity contribution in [1.29, 1.82) is 0 Å². The number of phenolic OH excluding ortho intramolecular Hbond substituents is 1. The molecule has 0 radical (unpaired) electrons. The highest BCUT2D eigenvalue weighted by atomic mass is 16.3. The molecule has 1 atom stereocenters. The Balaban J connectivity index is 2.73. The number of benzene rings is 1. The third-order valence-electron chi connectivity index (χ3n) is 2.20. The second-order valence-electron chi connectivity index (χ2n) is 3.28. The Labute approximate surface area is 88.6 Å². The van der Waals surface area contributed by atoms with Crippen LogP contribution in [0.25, 0.3) is 0 Å². The molecule has 3 N–H and O–H groups in total. The van der Waals surface area contributed by atoms with E-state index in [2.05, 4.69) is 5.32 Å². The number of hydrogen-bond donors (Lipinski definition) is 3. The molecule has 1 aromatic rings. The molecule has 4 heteroatoms. The maximum atomic E-state index is 11.6. The SMILES string of the molecule is CC[C@H](CO)NC(=O)c1ccccc1O. The van der Waals surface area contributed by atoms with Gasteiger partial charge in [-0.05, 0) is 18.6 Å². The Morgan fingerprint density at radius 1 is 1.47 bits per heavy atom. The summed E-state index contributed by atoms with van der Waals surface area (Å²) in [5.74, 6) is -0.420. The first kappa shape index (κ1) is 11.5. The third kappa shape index (κ3) is 2.95. The quantitative estimate of drug-likeness (QED) is 0.689.